The van der Waals surface area contributed by atoms with Crippen molar-refractivity contribution in [1.29, 1.82) is 0 Å². The molecule has 0 aromatic heterocycles. The van der Waals surface area contributed by atoms with Gasteiger partial charge in [0, 0.05) is 10.7 Å². The van der Waals surface area contributed by atoms with Crippen LogP contribution in [0.3, 0.4) is 0 Å². The van der Waals surface area contributed by atoms with Crippen molar-refractivity contribution in [3.8, 4) is 5.75 Å². The van der Waals surface area contributed by atoms with Gasteiger partial charge in [-0.15, -0.1) is 0 Å². The third-order valence-corrected chi connectivity index (χ3v) is 8.05. The summed E-state index contributed by atoms with van der Waals surface area (Å²) in [5.74, 6) is -0.120. The van der Waals surface area contributed by atoms with Crippen molar-refractivity contribution >= 4 is 38.9 Å². The van der Waals surface area contributed by atoms with Crippen molar-refractivity contribution in [3.63, 3.8) is 0 Å². The minimum Gasteiger partial charge on any atom is -0.476 e. The van der Waals surface area contributed by atoms with E-state index in [4.69, 9.17) is 16.3 Å². The lowest BCUT2D eigenvalue weighted by Crippen LogP contribution is -2.49. The molecule has 178 valence electrons. The number of hydrogen-bond acceptors (Lipinski definition) is 4. The average Bonchev–Trinajstić information content (AvgIpc) is 2.80. The average molecular weight is 499 g/mol. The van der Waals surface area contributed by atoms with Crippen LogP contribution in [0.2, 0.25) is 5.02 Å². The van der Waals surface area contributed by atoms with Crippen molar-refractivity contribution in [1.82, 2.24) is 0 Å². The first-order valence-electron chi connectivity index (χ1n) is 10.9. The highest BCUT2D eigenvalue weighted by atomic mass is 35.5. The van der Waals surface area contributed by atoms with Gasteiger partial charge in [-0.2, -0.15) is 0 Å². The summed E-state index contributed by atoms with van der Waals surface area (Å²) >= 11 is 6.18. The number of halogens is 1. The smallest absolute Gasteiger partial charge is 0.267 e. The quantitative estimate of drug-likeness (QED) is 0.512. The number of carbonyl (C=O) groups excluding carboxylic acids is 1. The number of rotatable bonds is 4. The number of ether oxygens (including phenoxy) is 1. The summed E-state index contributed by atoms with van der Waals surface area (Å²) in [7, 11) is -3.94. The van der Waals surface area contributed by atoms with E-state index in [1.807, 2.05) is 12.1 Å². The summed E-state index contributed by atoms with van der Waals surface area (Å²) in [4.78, 5) is 13.3. The van der Waals surface area contributed by atoms with Crippen molar-refractivity contribution < 1.29 is 17.9 Å². The van der Waals surface area contributed by atoms with E-state index in [0.29, 0.717) is 22.1 Å². The molecule has 0 fully saturated rings. The number of fused-ring (bicyclic) bond motifs is 1. The fourth-order valence-corrected chi connectivity index (χ4v) is 5.42. The lowest BCUT2D eigenvalue weighted by atomic mass is 9.86. The highest BCUT2D eigenvalue weighted by Gasteiger charge is 2.38. The molecule has 0 saturated heterocycles. The zero-order valence-corrected chi connectivity index (χ0v) is 21.1. The second-order valence-electron chi connectivity index (χ2n) is 9.29. The Bertz CT molecular complexity index is 1330. The van der Waals surface area contributed by atoms with E-state index < -0.39 is 22.0 Å². The third kappa shape index (κ3) is 4.63. The van der Waals surface area contributed by atoms with E-state index in [-0.39, 0.29) is 16.9 Å². The molecular formula is C26H27ClN2O4S. The first-order chi connectivity index (χ1) is 16.0. The van der Waals surface area contributed by atoms with Gasteiger partial charge < -0.3 is 10.1 Å². The molecule has 0 saturated carbocycles. The maximum absolute atomic E-state index is 13.7. The normalized spacial score (nSPS) is 15.9. The van der Waals surface area contributed by atoms with Gasteiger partial charge in [0.05, 0.1) is 17.1 Å². The van der Waals surface area contributed by atoms with Crippen LogP contribution in [0.15, 0.2) is 71.6 Å². The van der Waals surface area contributed by atoms with Crippen molar-refractivity contribution in [2.75, 3.05) is 16.2 Å². The second-order valence-corrected chi connectivity index (χ2v) is 11.6. The van der Waals surface area contributed by atoms with E-state index in [1.54, 1.807) is 61.5 Å². The van der Waals surface area contributed by atoms with Gasteiger partial charge in [0.1, 0.15) is 5.75 Å². The Kier molecular flexibility index (Phi) is 6.36. The van der Waals surface area contributed by atoms with Gasteiger partial charge in [0.25, 0.3) is 15.9 Å². The lowest BCUT2D eigenvalue weighted by molar-refractivity contribution is -0.122. The molecule has 0 bridgehead atoms. The molecule has 3 aromatic rings. The second kappa shape index (κ2) is 8.96. The number of anilines is 2. The Morgan fingerprint density at radius 1 is 1.06 bits per heavy atom. The molecule has 4 rings (SSSR count). The van der Waals surface area contributed by atoms with E-state index in [1.165, 1.54) is 4.31 Å². The van der Waals surface area contributed by atoms with Crippen molar-refractivity contribution in [3.05, 3.63) is 82.9 Å². The van der Waals surface area contributed by atoms with Gasteiger partial charge in [-0.3, -0.25) is 9.10 Å². The summed E-state index contributed by atoms with van der Waals surface area (Å²) < 4.78 is 34.6. The fourth-order valence-electron chi connectivity index (χ4n) is 3.76. The predicted molar refractivity (Wildman–Crippen MR) is 135 cm³/mol. The fraction of sp³-hybridized carbons (Fsp3) is 0.269. The van der Waals surface area contributed by atoms with Crippen LogP contribution >= 0.6 is 11.6 Å². The molecule has 1 aliphatic rings. The molecule has 6 nitrogen and oxygen atoms in total. The topological polar surface area (TPSA) is 75.7 Å². The van der Waals surface area contributed by atoms with Crippen LogP contribution in [-0.4, -0.2) is 27.0 Å². The Morgan fingerprint density at radius 3 is 2.44 bits per heavy atom. The molecule has 1 aliphatic heterocycles. The Balaban J connectivity index is 1.75. The number of nitrogens with one attached hydrogen (secondary N) is 1. The van der Waals surface area contributed by atoms with Gasteiger partial charge in [-0.1, -0.05) is 62.7 Å². The van der Waals surface area contributed by atoms with Crippen molar-refractivity contribution in [2.24, 2.45) is 0 Å². The number of amides is 1. The molecule has 1 amide bonds. The van der Waals surface area contributed by atoms with Crippen LogP contribution in [0.5, 0.6) is 5.75 Å². The summed E-state index contributed by atoms with van der Waals surface area (Å²) in [6.07, 6.45) is -1.05. The number of sulfonamides is 1. The van der Waals surface area contributed by atoms with Crippen LogP contribution in [0.25, 0.3) is 0 Å². The zero-order chi connectivity index (χ0) is 24.7. The molecule has 1 unspecified atom stereocenters. The van der Waals surface area contributed by atoms with E-state index in [2.05, 4.69) is 26.1 Å². The zero-order valence-electron chi connectivity index (χ0n) is 19.5. The van der Waals surface area contributed by atoms with Crippen LogP contribution < -0.4 is 14.4 Å². The summed E-state index contributed by atoms with van der Waals surface area (Å²) in [6.45, 7) is 7.80. The first-order valence-corrected chi connectivity index (χ1v) is 12.8. The van der Waals surface area contributed by atoms with E-state index in [0.717, 1.165) is 11.1 Å². The minimum absolute atomic E-state index is 0.147. The van der Waals surface area contributed by atoms with Crippen molar-refractivity contribution in [2.45, 2.75) is 44.1 Å². The summed E-state index contributed by atoms with van der Waals surface area (Å²) in [5, 5.41) is 3.35. The van der Waals surface area contributed by atoms with Gasteiger partial charge in [0.2, 0.25) is 0 Å². The Labute approximate surface area is 205 Å². The molecule has 1 N–H and O–H groups in total. The van der Waals surface area contributed by atoms with E-state index in [9.17, 15) is 13.2 Å². The monoisotopic (exact) mass is 498 g/mol. The SMILES string of the molecule is Cc1c(Cl)cccc1NC(=O)C1CN(S(=O)(=O)c2ccccc2)c2cc(C(C)(C)C)ccc2O1. The van der Waals surface area contributed by atoms with E-state index >= 15 is 0 Å². The third-order valence-electron chi connectivity index (χ3n) is 5.84. The minimum atomic E-state index is -3.94. The number of hydrogen-bond donors (Lipinski definition) is 1. The molecule has 0 radical (unpaired) electrons. The number of benzene rings is 3. The maximum atomic E-state index is 13.7. The molecule has 1 heterocycles. The Hall–Kier alpha value is -3.03. The number of nitrogens with zero attached hydrogens (tertiary/aromatic N) is 1. The highest BCUT2D eigenvalue weighted by molar-refractivity contribution is 7.92. The van der Waals surface area contributed by atoms with Gasteiger partial charge in [-0.05, 0) is 59.9 Å². The van der Waals surface area contributed by atoms with Crippen LogP contribution in [-0.2, 0) is 20.2 Å². The standard InChI is InChI=1S/C26H27ClN2O4S/c1-17-20(27)11-8-12-21(17)28-25(30)24-16-29(34(31,32)19-9-6-5-7-10-19)22-15-18(26(2,3)4)13-14-23(22)33-24/h5-15,24H,16H2,1-4H3,(H,28,30). The maximum Gasteiger partial charge on any atom is 0.267 e. The molecule has 1 atom stereocenters. The van der Waals surface area contributed by atoms with Crippen LogP contribution in [0, 0.1) is 6.92 Å². The largest absolute Gasteiger partial charge is 0.476 e. The molecule has 0 aliphatic carbocycles. The lowest BCUT2D eigenvalue weighted by Gasteiger charge is -2.36. The van der Waals surface area contributed by atoms with Crippen LogP contribution in [0.1, 0.15) is 31.9 Å². The van der Waals surface area contributed by atoms with Gasteiger partial charge in [-0.25, -0.2) is 8.42 Å². The van der Waals surface area contributed by atoms with Crippen LogP contribution in [0.4, 0.5) is 11.4 Å². The highest BCUT2D eigenvalue weighted by Crippen LogP contribution is 2.40. The molecule has 8 heteroatoms. The number of carbonyl (C=O) groups is 1. The molecule has 3 aromatic carbocycles. The van der Waals surface area contributed by atoms with Gasteiger partial charge in [0.15, 0.2) is 6.10 Å². The molecular weight excluding hydrogens is 472 g/mol. The summed E-state index contributed by atoms with van der Waals surface area (Å²) in [5.41, 5.74) is 2.44. The van der Waals surface area contributed by atoms with Gasteiger partial charge >= 0.3 is 0 Å². The first kappa shape index (κ1) is 24.1. The molecule has 34 heavy (non-hydrogen) atoms. The summed E-state index contributed by atoms with van der Waals surface area (Å²) in [6, 6.07) is 18.9. The predicted octanol–water partition coefficient (Wildman–Crippen LogP) is 5.54. The molecule has 0 spiro atoms. The Morgan fingerprint density at radius 2 is 1.76 bits per heavy atom.